The van der Waals surface area contributed by atoms with E-state index in [0.717, 1.165) is 6.07 Å². The Hall–Kier alpha value is -1.68. The summed E-state index contributed by atoms with van der Waals surface area (Å²) in [5.74, 6) is -1.71. The number of hydrogen-bond acceptors (Lipinski definition) is 2. The second kappa shape index (κ2) is 4.53. The van der Waals surface area contributed by atoms with E-state index in [0.29, 0.717) is 12.1 Å². The molecule has 0 spiro atoms. The zero-order chi connectivity index (χ0) is 10.6. The molecule has 0 unspecified atom stereocenters. The maximum absolute atomic E-state index is 12.9. The van der Waals surface area contributed by atoms with E-state index in [2.05, 4.69) is 0 Å². The maximum atomic E-state index is 12.9. The number of rotatable bonds is 3. The molecule has 0 saturated carbocycles. The van der Waals surface area contributed by atoms with Crippen molar-refractivity contribution in [3.05, 3.63) is 41.2 Å². The molecule has 0 radical (unpaired) electrons. The molecule has 0 fully saturated rings. The number of carbonyl (C=O) groups is 1. The quantitative estimate of drug-likeness (QED) is 0.768. The van der Waals surface area contributed by atoms with Gasteiger partial charge in [-0.3, -0.25) is 0 Å². The Morgan fingerprint density at radius 1 is 1.50 bits per heavy atom. The van der Waals surface area contributed by atoms with Crippen LogP contribution >= 0.6 is 0 Å². The summed E-state index contributed by atoms with van der Waals surface area (Å²) in [6, 6.07) is 3.61. The number of benzene rings is 1. The molecule has 1 aromatic carbocycles. The lowest BCUT2D eigenvalue weighted by Crippen LogP contribution is -1.98. The van der Waals surface area contributed by atoms with E-state index in [1.807, 2.05) is 0 Å². The Morgan fingerprint density at radius 3 is 2.79 bits per heavy atom. The van der Waals surface area contributed by atoms with E-state index in [9.17, 15) is 9.18 Å². The van der Waals surface area contributed by atoms with Crippen LogP contribution in [0.4, 0.5) is 4.39 Å². The molecule has 1 rings (SSSR count). The van der Waals surface area contributed by atoms with Crippen molar-refractivity contribution in [1.82, 2.24) is 0 Å². The van der Waals surface area contributed by atoms with Gasteiger partial charge in [-0.1, -0.05) is 12.2 Å². The van der Waals surface area contributed by atoms with Crippen LogP contribution in [0.25, 0.3) is 6.08 Å². The van der Waals surface area contributed by atoms with Gasteiger partial charge < -0.3 is 10.8 Å². The zero-order valence-electron chi connectivity index (χ0n) is 7.40. The average molecular weight is 195 g/mol. The SMILES string of the molecule is NCC=Cc1cc(F)cc(C(=O)O)c1. The lowest BCUT2D eigenvalue weighted by Gasteiger charge is -1.98. The molecular formula is C10H10FNO2. The first kappa shape index (κ1) is 10.4. The highest BCUT2D eigenvalue weighted by Crippen LogP contribution is 2.10. The van der Waals surface area contributed by atoms with E-state index in [1.54, 1.807) is 12.2 Å². The zero-order valence-corrected chi connectivity index (χ0v) is 7.40. The topological polar surface area (TPSA) is 63.3 Å². The maximum Gasteiger partial charge on any atom is 0.335 e. The highest BCUT2D eigenvalue weighted by Gasteiger charge is 2.05. The van der Waals surface area contributed by atoms with E-state index < -0.39 is 11.8 Å². The molecule has 4 heteroatoms. The van der Waals surface area contributed by atoms with Gasteiger partial charge in [0.25, 0.3) is 0 Å². The van der Waals surface area contributed by atoms with Crippen LogP contribution in [-0.2, 0) is 0 Å². The first-order chi connectivity index (χ1) is 6.63. The minimum absolute atomic E-state index is 0.0679. The molecule has 0 aromatic heterocycles. The number of carboxylic acid groups (broad SMARTS) is 1. The molecule has 74 valence electrons. The van der Waals surface area contributed by atoms with Gasteiger partial charge in [0.2, 0.25) is 0 Å². The Morgan fingerprint density at radius 2 is 2.21 bits per heavy atom. The fraction of sp³-hybridized carbons (Fsp3) is 0.100. The fourth-order valence-electron chi connectivity index (χ4n) is 1.04. The van der Waals surface area contributed by atoms with Crippen LogP contribution in [0.1, 0.15) is 15.9 Å². The van der Waals surface area contributed by atoms with Crippen molar-refractivity contribution in [2.75, 3.05) is 6.54 Å². The second-order valence-electron chi connectivity index (χ2n) is 2.72. The second-order valence-corrected chi connectivity index (χ2v) is 2.72. The lowest BCUT2D eigenvalue weighted by molar-refractivity contribution is 0.0696. The molecule has 0 bridgehead atoms. The highest BCUT2D eigenvalue weighted by atomic mass is 19.1. The number of carboxylic acids is 1. The monoisotopic (exact) mass is 195 g/mol. The standard InChI is InChI=1S/C10H10FNO2/c11-9-5-7(2-1-3-12)4-8(6-9)10(13)14/h1-2,4-6H,3,12H2,(H,13,14). The average Bonchev–Trinajstić information content (AvgIpc) is 2.14. The van der Waals surface area contributed by atoms with Crippen LogP contribution in [0.15, 0.2) is 24.3 Å². The number of hydrogen-bond donors (Lipinski definition) is 2. The van der Waals surface area contributed by atoms with Gasteiger partial charge in [0.1, 0.15) is 5.82 Å². The summed E-state index contributed by atoms with van der Waals surface area (Å²) in [7, 11) is 0. The van der Waals surface area contributed by atoms with Crippen molar-refractivity contribution < 1.29 is 14.3 Å². The number of nitrogens with two attached hydrogens (primary N) is 1. The van der Waals surface area contributed by atoms with Crippen molar-refractivity contribution in [2.24, 2.45) is 5.73 Å². The summed E-state index contributed by atoms with van der Waals surface area (Å²) < 4.78 is 12.9. The van der Waals surface area contributed by atoms with Gasteiger partial charge in [0, 0.05) is 6.54 Å². The molecule has 3 N–H and O–H groups in total. The van der Waals surface area contributed by atoms with Gasteiger partial charge in [-0.25, -0.2) is 9.18 Å². The van der Waals surface area contributed by atoms with Crippen LogP contribution in [0, 0.1) is 5.82 Å². The third-order valence-electron chi connectivity index (χ3n) is 1.61. The Kier molecular flexibility index (Phi) is 3.36. The van der Waals surface area contributed by atoms with Crippen LogP contribution < -0.4 is 5.73 Å². The Balaban J connectivity index is 3.07. The largest absolute Gasteiger partial charge is 0.478 e. The van der Waals surface area contributed by atoms with Crippen molar-refractivity contribution in [3.63, 3.8) is 0 Å². The predicted octanol–water partition coefficient (Wildman–Crippen LogP) is 1.50. The van der Waals surface area contributed by atoms with E-state index >= 15 is 0 Å². The number of halogens is 1. The number of aromatic carboxylic acids is 1. The van der Waals surface area contributed by atoms with Crippen molar-refractivity contribution in [1.29, 1.82) is 0 Å². The normalized spacial score (nSPS) is 10.7. The van der Waals surface area contributed by atoms with Crippen molar-refractivity contribution >= 4 is 12.0 Å². The molecule has 0 atom stereocenters. The van der Waals surface area contributed by atoms with Crippen LogP contribution in [-0.4, -0.2) is 17.6 Å². The molecule has 0 aliphatic rings. The van der Waals surface area contributed by atoms with Gasteiger partial charge in [0.15, 0.2) is 0 Å². The molecule has 0 aliphatic carbocycles. The summed E-state index contributed by atoms with van der Waals surface area (Å²) in [5.41, 5.74) is 5.64. The fourth-order valence-corrected chi connectivity index (χ4v) is 1.04. The van der Waals surface area contributed by atoms with Crippen molar-refractivity contribution in [2.45, 2.75) is 0 Å². The minimum Gasteiger partial charge on any atom is -0.478 e. The van der Waals surface area contributed by atoms with Crippen LogP contribution in [0.2, 0.25) is 0 Å². The summed E-state index contributed by atoms with van der Waals surface area (Å²) in [4.78, 5) is 10.6. The molecular weight excluding hydrogens is 185 g/mol. The van der Waals surface area contributed by atoms with E-state index in [4.69, 9.17) is 10.8 Å². The van der Waals surface area contributed by atoms with Gasteiger partial charge in [0.05, 0.1) is 5.56 Å². The van der Waals surface area contributed by atoms with Gasteiger partial charge in [-0.05, 0) is 23.8 Å². The minimum atomic E-state index is -1.15. The molecule has 0 heterocycles. The molecule has 0 aliphatic heterocycles. The van der Waals surface area contributed by atoms with Gasteiger partial charge in [-0.15, -0.1) is 0 Å². The highest BCUT2D eigenvalue weighted by molar-refractivity contribution is 5.88. The molecule has 0 amide bonds. The Labute approximate surface area is 80.7 Å². The van der Waals surface area contributed by atoms with E-state index in [-0.39, 0.29) is 5.56 Å². The summed E-state index contributed by atoms with van der Waals surface area (Å²) in [6.45, 7) is 0.332. The first-order valence-electron chi connectivity index (χ1n) is 4.04. The summed E-state index contributed by atoms with van der Waals surface area (Å²) in [5, 5.41) is 8.64. The molecule has 0 saturated heterocycles. The first-order valence-corrected chi connectivity index (χ1v) is 4.04. The molecule has 14 heavy (non-hydrogen) atoms. The molecule has 3 nitrogen and oxygen atoms in total. The van der Waals surface area contributed by atoms with E-state index in [1.165, 1.54) is 12.1 Å². The van der Waals surface area contributed by atoms with Gasteiger partial charge in [-0.2, -0.15) is 0 Å². The van der Waals surface area contributed by atoms with Crippen molar-refractivity contribution in [3.8, 4) is 0 Å². The third kappa shape index (κ3) is 2.67. The smallest absolute Gasteiger partial charge is 0.335 e. The molecule has 1 aromatic rings. The third-order valence-corrected chi connectivity index (χ3v) is 1.61. The summed E-state index contributed by atoms with van der Waals surface area (Å²) in [6.07, 6.45) is 3.20. The van der Waals surface area contributed by atoms with Crippen LogP contribution in [0.5, 0.6) is 0 Å². The Bertz CT molecular complexity index is 374. The van der Waals surface area contributed by atoms with Gasteiger partial charge >= 0.3 is 5.97 Å². The van der Waals surface area contributed by atoms with Crippen LogP contribution in [0.3, 0.4) is 0 Å². The lowest BCUT2D eigenvalue weighted by atomic mass is 10.1. The predicted molar refractivity (Wildman–Crippen MR) is 51.4 cm³/mol. The summed E-state index contributed by atoms with van der Waals surface area (Å²) >= 11 is 0.